The predicted octanol–water partition coefficient (Wildman–Crippen LogP) is 3.32. The van der Waals surface area contributed by atoms with E-state index in [0.29, 0.717) is 17.6 Å². The Labute approximate surface area is 187 Å². The van der Waals surface area contributed by atoms with Gasteiger partial charge in [-0.3, -0.25) is 9.59 Å². The molecule has 1 atom stereocenters. The predicted molar refractivity (Wildman–Crippen MR) is 123 cm³/mol. The maximum atomic E-state index is 12.4. The number of piperidine rings is 1. The summed E-state index contributed by atoms with van der Waals surface area (Å²) in [5.74, 6) is 1.17. The number of carbonyl (C=O) groups excluding carboxylic acids is 2. The number of amides is 2. The van der Waals surface area contributed by atoms with E-state index in [1.165, 1.54) is 11.8 Å². The third-order valence-electron chi connectivity index (χ3n) is 5.90. The Hall–Kier alpha value is -2.61. The SMILES string of the molecule is Cc1cccc(NC(=O)CSc2ccc(N3CCC[C@H](C(=O)NC4CC4)C3)nn2)c1C. The molecule has 2 N–H and O–H groups in total. The van der Waals surface area contributed by atoms with Gasteiger partial charge in [0.2, 0.25) is 11.8 Å². The molecule has 0 unspecified atom stereocenters. The number of aromatic nitrogens is 2. The van der Waals surface area contributed by atoms with Gasteiger partial charge in [0.05, 0.1) is 11.7 Å². The van der Waals surface area contributed by atoms with Crippen molar-refractivity contribution in [1.82, 2.24) is 15.5 Å². The molecule has 2 aliphatic rings. The van der Waals surface area contributed by atoms with E-state index in [-0.39, 0.29) is 23.5 Å². The van der Waals surface area contributed by atoms with E-state index in [9.17, 15) is 9.59 Å². The summed E-state index contributed by atoms with van der Waals surface area (Å²) < 4.78 is 0. The highest BCUT2D eigenvalue weighted by atomic mass is 32.2. The average molecular weight is 440 g/mol. The lowest BCUT2D eigenvalue weighted by Gasteiger charge is -2.32. The first-order chi connectivity index (χ1) is 15.0. The molecule has 1 aliphatic heterocycles. The van der Waals surface area contributed by atoms with Crippen molar-refractivity contribution >= 4 is 35.1 Å². The number of carbonyl (C=O) groups is 2. The number of hydrogen-bond donors (Lipinski definition) is 2. The molecule has 1 aliphatic carbocycles. The fourth-order valence-electron chi connectivity index (χ4n) is 3.72. The lowest BCUT2D eigenvalue weighted by Crippen LogP contribution is -2.44. The minimum absolute atomic E-state index is 0.0129. The van der Waals surface area contributed by atoms with Gasteiger partial charge in [-0.05, 0) is 68.9 Å². The number of thioether (sulfide) groups is 1. The number of hydrogen-bond acceptors (Lipinski definition) is 6. The molecular weight excluding hydrogens is 410 g/mol. The van der Waals surface area contributed by atoms with E-state index in [4.69, 9.17) is 0 Å². The summed E-state index contributed by atoms with van der Waals surface area (Å²) in [6.07, 6.45) is 4.11. The molecule has 2 amide bonds. The van der Waals surface area contributed by atoms with E-state index < -0.39 is 0 Å². The summed E-state index contributed by atoms with van der Waals surface area (Å²) in [5.41, 5.74) is 3.07. The fraction of sp³-hybridized carbons (Fsp3) is 0.478. The van der Waals surface area contributed by atoms with Crippen LogP contribution in [0.1, 0.15) is 36.8 Å². The van der Waals surface area contributed by atoms with Crippen molar-refractivity contribution in [2.45, 2.75) is 50.6 Å². The Morgan fingerprint density at radius 1 is 1.13 bits per heavy atom. The Morgan fingerprint density at radius 2 is 1.97 bits per heavy atom. The van der Waals surface area contributed by atoms with E-state index in [0.717, 1.165) is 54.9 Å². The zero-order valence-electron chi connectivity index (χ0n) is 18.1. The lowest BCUT2D eigenvalue weighted by atomic mass is 9.97. The van der Waals surface area contributed by atoms with Crippen molar-refractivity contribution in [3.63, 3.8) is 0 Å². The quantitative estimate of drug-likeness (QED) is 0.644. The highest BCUT2D eigenvalue weighted by Gasteiger charge is 2.30. The van der Waals surface area contributed by atoms with Crippen LogP contribution in [0.3, 0.4) is 0 Å². The molecule has 2 aromatic rings. The molecule has 1 saturated carbocycles. The van der Waals surface area contributed by atoms with Gasteiger partial charge in [0, 0.05) is 24.8 Å². The summed E-state index contributed by atoms with van der Waals surface area (Å²) in [7, 11) is 0. The van der Waals surface area contributed by atoms with E-state index in [2.05, 4.69) is 25.7 Å². The van der Waals surface area contributed by atoms with E-state index in [1.807, 2.05) is 44.2 Å². The van der Waals surface area contributed by atoms with Crippen molar-refractivity contribution in [3.05, 3.63) is 41.5 Å². The normalized spacial score (nSPS) is 18.5. The van der Waals surface area contributed by atoms with Crippen molar-refractivity contribution < 1.29 is 9.59 Å². The molecule has 8 heteroatoms. The van der Waals surface area contributed by atoms with Crippen molar-refractivity contribution in [2.75, 3.05) is 29.1 Å². The highest BCUT2D eigenvalue weighted by Crippen LogP contribution is 2.25. The van der Waals surface area contributed by atoms with Gasteiger partial charge in [-0.2, -0.15) is 0 Å². The topological polar surface area (TPSA) is 87.2 Å². The minimum Gasteiger partial charge on any atom is -0.354 e. The molecule has 1 aromatic carbocycles. The second-order valence-electron chi connectivity index (χ2n) is 8.38. The van der Waals surface area contributed by atoms with Crippen LogP contribution in [0.2, 0.25) is 0 Å². The smallest absolute Gasteiger partial charge is 0.234 e. The highest BCUT2D eigenvalue weighted by molar-refractivity contribution is 7.99. The van der Waals surface area contributed by atoms with Crippen molar-refractivity contribution in [1.29, 1.82) is 0 Å². The zero-order chi connectivity index (χ0) is 21.8. The van der Waals surface area contributed by atoms with E-state index >= 15 is 0 Å². The fourth-order valence-corrected chi connectivity index (χ4v) is 4.33. The van der Waals surface area contributed by atoms with Gasteiger partial charge in [0.25, 0.3) is 0 Å². The van der Waals surface area contributed by atoms with Crippen molar-refractivity contribution in [2.24, 2.45) is 5.92 Å². The van der Waals surface area contributed by atoms with Gasteiger partial charge in [-0.1, -0.05) is 23.9 Å². The summed E-state index contributed by atoms with van der Waals surface area (Å²) in [6, 6.07) is 10.1. The zero-order valence-corrected chi connectivity index (χ0v) is 18.9. The molecule has 0 bridgehead atoms. The molecule has 1 saturated heterocycles. The summed E-state index contributed by atoms with van der Waals surface area (Å²) in [5, 5.41) is 15.4. The van der Waals surface area contributed by atoms with Crippen LogP contribution >= 0.6 is 11.8 Å². The molecular formula is C23H29N5O2S. The maximum absolute atomic E-state index is 12.4. The first-order valence-corrected chi connectivity index (χ1v) is 11.9. The second-order valence-corrected chi connectivity index (χ2v) is 9.38. The number of nitrogens with zero attached hydrogens (tertiary/aromatic N) is 3. The molecule has 0 spiro atoms. The molecule has 0 radical (unpaired) electrons. The van der Waals surface area contributed by atoms with Crippen LogP contribution in [-0.4, -0.2) is 46.9 Å². The van der Waals surface area contributed by atoms with Gasteiger partial charge >= 0.3 is 0 Å². The Morgan fingerprint density at radius 3 is 2.71 bits per heavy atom. The number of anilines is 2. The lowest BCUT2D eigenvalue weighted by molar-refractivity contribution is -0.125. The van der Waals surface area contributed by atoms with Crippen LogP contribution in [0, 0.1) is 19.8 Å². The number of rotatable bonds is 7. The summed E-state index contributed by atoms with van der Waals surface area (Å²) in [6.45, 7) is 5.59. The van der Waals surface area contributed by atoms with Crippen LogP contribution in [0.4, 0.5) is 11.5 Å². The third kappa shape index (κ3) is 5.76. The molecule has 31 heavy (non-hydrogen) atoms. The van der Waals surface area contributed by atoms with Gasteiger partial charge in [0.1, 0.15) is 5.03 Å². The summed E-state index contributed by atoms with van der Waals surface area (Å²) in [4.78, 5) is 26.8. The standard InChI is InChI=1S/C23H29N5O2S/c1-15-5-3-7-19(16(15)2)25-21(29)14-31-22-11-10-20(26-27-22)28-12-4-6-17(13-28)23(30)24-18-8-9-18/h3,5,7,10-11,17-18H,4,6,8-9,12-14H2,1-2H3,(H,24,30)(H,25,29)/t17-/m0/s1. The first kappa shape index (κ1) is 21.6. The number of benzene rings is 1. The summed E-state index contributed by atoms with van der Waals surface area (Å²) >= 11 is 1.36. The Balaban J connectivity index is 1.28. The maximum Gasteiger partial charge on any atom is 0.234 e. The van der Waals surface area contributed by atoms with E-state index in [1.54, 1.807) is 0 Å². The molecule has 164 valence electrons. The monoisotopic (exact) mass is 439 g/mol. The van der Waals surface area contributed by atoms with Crippen LogP contribution < -0.4 is 15.5 Å². The van der Waals surface area contributed by atoms with Gasteiger partial charge in [-0.15, -0.1) is 10.2 Å². The first-order valence-electron chi connectivity index (χ1n) is 10.9. The third-order valence-corrected chi connectivity index (χ3v) is 6.82. The molecule has 2 heterocycles. The van der Waals surface area contributed by atoms with Crippen LogP contribution in [0.5, 0.6) is 0 Å². The number of nitrogens with one attached hydrogen (secondary N) is 2. The largest absolute Gasteiger partial charge is 0.354 e. The van der Waals surface area contributed by atoms with Crippen molar-refractivity contribution in [3.8, 4) is 0 Å². The van der Waals surface area contributed by atoms with Crippen LogP contribution in [0.15, 0.2) is 35.4 Å². The minimum atomic E-state index is -0.0647. The Bertz CT molecular complexity index is 945. The second kappa shape index (κ2) is 9.68. The Kier molecular flexibility index (Phi) is 6.75. The van der Waals surface area contributed by atoms with Gasteiger partial charge in [-0.25, -0.2) is 0 Å². The average Bonchev–Trinajstić information content (AvgIpc) is 3.60. The van der Waals surface area contributed by atoms with Crippen LogP contribution in [-0.2, 0) is 9.59 Å². The number of aryl methyl sites for hydroxylation is 1. The molecule has 4 rings (SSSR count). The molecule has 2 fully saturated rings. The molecule has 7 nitrogen and oxygen atoms in total. The van der Waals surface area contributed by atoms with Crippen LogP contribution in [0.25, 0.3) is 0 Å². The molecule has 1 aromatic heterocycles. The van der Waals surface area contributed by atoms with Gasteiger partial charge < -0.3 is 15.5 Å². The van der Waals surface area contributed by atoms with Gasteiger partial charge in [0.15, 0.2) is 5.82 Å².